The highest BCUT2D eigenvalue weighted by Crippen LogP contribution is 2.61. The van der Waals surface area contributed by atoms with Crippen LogP contribution in [0.4, 0.5) is 0 Å². The second-order valence-electron chi connectivity index (χ2n) is 3.79. The number of carbonyl (C=O) groups excluding carboxylic acids is 1. The highest BCUT2D eigenvalue weighted by Gasteiger charge is 2.63. The van der Waals surface area contributed by atoms with E-state index in [2.05, 4.69) is 15.9 Å². The van der Waals surface area contributed by atoms with Crippen molar-refractivity contribution >= 4 is 21.9 Å². The lowest BCUT2D eigenvalue weighted by Crippen LogP contribution is -2.19. The van der Waals surface area contributed by atoms with Gasteiger partial charge in [0, 0.05) is 4.48 Å². The van der Waals surface area contributed by atoms with Crippen LogP contribution in [0.15, 0.2) is 10.1 Å². The molecular weight excluding hydrogens is 236 g/mol. The minimum absolute atomic E-state index is 0.0109. The van der Waals surface area contributed by atoms with Gasteiger partial charge >= 0.3 is 5.97 Å². The number of esters is 1. The van der Waals surface area contributed by atoms with Crippen molar-refractivity contribution in [1.29, 1.82) is 0 Å². The molecule has 4 atom stereocenters. The van der Waals surface area contributed by atoms with Crippen LogP contribution in [0.1, 0.15) is 6.42 Å². The molecule has 1 aliphatic carbocycles. The summed E-state index contributed by atoms with van der Waals surface area (Å²) in [4.78, 5) is 11.4. The highest BCUT2D eigenvalue weighted by atomic mass is 79.9. The van der Waals surface area contributed by atoms with E-state index in [9.17, 15) is 4.79 Å². The summed E-state index contributed by atoms with van der Waals surface area (Å²) in [5.41, 5.74) is 0.714. The van der Waals surface area contributed by atoms with Gasteiger partial charge in [0.25, 0.3) is 0 Å². The van der Waals surface area contributed by atoms with Crippen molar-refractivity contribution in [1.82, 2.24) is 0 Å². The van der Waals surface area contributed by atoms with E-state index in [1.165, 1.54) is 13.5 Å². The van der Waals surface area contributed by atoms with Crippen LogP contribution < -0.4 is 0 Å². The quantitative estimate of drug-likeness (QED) is 0.651. The first-order valence-electron chi connectivity index (χ1n) is 4.37. The normalized spacial score (nSPS) is 45.1. The van der Waals surface area contributed by atoms with Gasteiger partial charge in [-0.05, 0) is 18.3 Å². The van der Waals surface area contributed by atoms with Gasteiger partial charge in [0.2, 0.25) is 0 Å². The maximum absolute atomic E-state index is 11.4. The molecule has 1 saturated heterocycles. The molecule has 0 amide bonds. The summed E-state index contributed by atoms with van der Waals surface area (Å²) >= 11 is 3.42. The molecule has 0 radical (unpaired) electrons. The van der Waals surface area contributed by atoms with Gasteiger partial charge in [0.1, 0.15) is 0 Å². The van der Waals surface area contributed by atoms with Crippen LogP contribution in [-0.4, -0.2) is 25.3 Å². The van der Waals surface area contributed by atoms with E-state index in [0.29, 0.717) is 17.4 Å². The lowest BCUT2D eigenvalue weighted by Gasteiger charge is -2.09. The molecule has 2 heterocycles. The second kappa shape index (κ2) is 2.36. The zero-order valence-corrected chi connectivity index (χ0v) is 8.71. The number of rotatable bonds is 1. The summed E-state index contributed by atoms with van der Waals surface area (Å²) in [6.07, 6.45) is 1.35. The highest BCUT2D eigenvalue weighted by molar-refractivity contribution is 9.11. The molecular formula is C9H9BrO3. The van der Waals surface area contributed by atoms with E-state index in [1.807, 2.05) is 0 Å². The molecule has 2 aliphatic heterocycles. The van der Waals surface area contributed by atoms with E-state index in [4.69, 9.17) is 9.47 Å². The van der Waals surface area contributed by atoms with Crippen molar-refractivity contribution in [3.8, 4) is 0 Å². The molecule has 3 nitrogen and oxygen atoms in total. The third kappa shape index (κ3) is 0.854. The standard InChI is InChI=1S/C9H9BrO3/c1-12-9(11)5-6(10)8-4-2-3(4)7(5)13-8/h3-4,7-8H,2H2,1H3/t3-,4+,7-,8+/m0/s1. The van der Waals surface area contributed by atoms with E-state index >= 15 is 0 Å². The molecule has 0 aromatic rings. The summed E-state index contributed by atoms with van der Waals surface area (Å²) in [7, 11) is 1.41. The van der Waals surface area contributed by atoms with Crippen molar-refractivity contribution in [2.24, 2.45) is 11.8 Å². The Labute approximate surface area is 84.2 Å². The number of halogens is 1. The Balaban J connectivity index is 1.99. The number of fused-ring (bicyclic) bond motifs is 5. The topological polar surface area (TPSA) is 35.5 Å². The Hall–Kier alpha value is -0.350. The van der Waals surface area contributed by atoms with Crippen LogP contribution in [0, 0.1) is 11.8 Å². The maximum Gasteiger partial charge on any atom is 0.337 e. The predicted molar refractivity (Wildman–Crippen MR) is 48.2 cm³/mol. The molecule has 0 aromatic heterocycles. The Morgan fingerprint density at radius 2 is 2.23 bits per heavy atom. The van der Waals surface area contributed by atoms with E-state index in [0.717, 1.165) is 4.48 Å². The first kappa shape index (κ1) is 8.00. The van der Waals surface area contributed by atoms with Crippen LogP contribution in [-0.2, 0) is 14.3 Å². The van der Waals surface area contributed by atoms with Crippen LogP contribution in [0.2, 0.25) is 0 Å². The van der Waals surface area contributed by atoms with Crippen molar-refractivity contribution in [2.45, 2.75) is 18.6 Å². The lowest BCUT2D eigenvalue weighted by atomic mass is 10.00. The van der Waals surface area contributed by atoms with Crippen molar-refractivity contribution in [2.75, 3.05) is 7.11 Å². The zero-order valence-electron chi connectivity index (χ0n) is 7.12. The Bertz CT molecular complexity index is 323. The molecule has 0 N–H and O–H groups in total. The fourth-order valence-corrected chi connectivity index (χ4v) is 3.27. The van der Waals surface area contributed by atoms with Crippen molar-refractivity contribution in [3.05, 3.63) is 10.1 Å². The Kier molecular flexibility index (Phi) is 1.45. The van der Waals surface area contributed by atoms with Gasteiger partial charge in [0.05, 0.1) is 24.9 Å². The monoisotopic (exact) mass is 244 g/mol. The summed E-state index contributed by atoms with van der Waals surface area (Å²) in [5.74, 6) is 0.998. The van der Waals surface area contributed by atoms with Crippen molar-refractivity contribution in [3.63, 3.8) is 0 Å². The number of methoxy groups -OCH3 is 1. The zero-order chi connectivity index (χ0) is 9.16. The van der Waals surface area contributed by atoms with Crippen LogP contribution in [0.3, 0.4) is 0 Å². The maximum atomic E-state index is 11.4. The molecule has 70 valence electrons. The van der Waals surface area contributed by atoms with Crippen LogP contribution >= 0.6 is 15.9 Å². The van der Waals surface area contributed by atoms with Gasteiger partial charge in [-0.25, -0.2) is 4.79 Å². The molecule has 2 bridgehead atoms. The fourth-order valence-electron chi connectivity index (χ4n) is 2.43. The van der Waals surface area contributed by atoms with Gasteiger partial charge in [0.15, 0.2) is 0 Å². The molecule has 13 heavy (non-hydrogen) atoms. The van der Waals surface area contributed by atoms with Gasteiger partial charge in [-0.1, -0.05) is 15.9 Å². The minimum Gasteiger partial charge on any atom is -0.466 e. The first-order valence-corrected chi connectivity index (χ1v) is 5.16. The molecule has 1 saturated carbocycles. The third-order valence-electron chi connectivity index (χ3n) is 3.16. The molecule has 3 rings (SSSR count). The number of ether oxygens (including phenoxy) is 2. The van der Waals surface area contributed by atoms with E-state index < -0.39 is 0 Å². The second-order valence-corrected chi connectivity index (χ2v) is 4.65. The van der Waals surface area contributed by atoms with Gasteiger partial charge in [-0.2, -0.15) is 0 Å². The molecule has 4 heteroatoms. The number of carbonyl (C=O) groups is 1. The summed E-state index contributed by atoms with van der Waals surface area (Å²) in [6.45, 7) is 0. The Morgan fingerprint density at radius 3 is 2.85 bits per heavy atom. The largest absolute Gasteiger partial charge is 0.466 e. The molecule has 0 spiro atoms. The van der Waals surface area contributed by atoms with Crippen LogP contribution in [0.5, 0.6) is 0 Å². The number of hydrogen-bond acceptors (Lipinski definition) is 3. The fraction of sp³-hybridized carbons (Fsp3) is 0.667. The van der Waals surface area contributed by atoms with Gasteiger partial charge in [-0.3, -0.25) is 0 Å². The number of hydrogen-bond donors (Lipinski definition) is 0. The van der Waals surface area contributed by atoms with Gasteiger partial charge in [-0.15, -0.1) is 0 Å². The smallest absolute Gasteiger partial charge is 0.337 e. The molecule has 3 aliphatic rings. The average molecular weight is 245 g/mol. The van der Waals surface area contributed by atoms with Crippen LogP contribution in [0.25, 0.3) is 0 Å². The van der Waals surface area contributed by atoms with Crippen molar-refractivity contribution < 1.29 is 14.3 Å². The summed E-state index contributed by atoms with van der Waals surface area (Å²) < 4.78 is 11.3. The molecule has 2 fully saturated rings. The third-order valence-corrected chi connectivity index (χ3v) is 4.04. The van der Waals surface area contributed by atoms with Gasteiger partial charge < -0.3 is 9.47 Å². The lowest BCUT2D eigenvalue weighted by molar-refractivity contribution is -0.137. The first-order chi connectivity index (χ1) is 6.24. The summed E-state index contributed by atoms with van der Waals surface area (Å²) in [5, 5.41) is 0. The average Bonchev–Trinajstić information content (AvgIpc) is 2.77. The Morgan fingerprint density at radius 1 is 1.54 bits per heavy atom. The summed E-state index contributed by atoms with van der Waals surface area (Å²) in [6, 6.07) is 0. The molecule has 0 aromatic carbocycles. The SMILES string of the molecule is COC(=O)C1=C(Br)[C@@H]2O[C@H]1[C@H]1C[C@H]12. The minimum atomic E-state index is -0.246. The van der Waals surface area contributed by atoms with E-state index in [-0.39, 0.29) is 18.2 Å². The predicted octanol–water partition coefficient (Wildman–Crippen LogP) is 1.23. The molecule has 0 unspecified atom stereocenters. The van der Waals surface area contributed by atoms with E-state index in [1.54, 1.807) is 0 Å².